The van der Waals surface area contributed by atoms with E-state index in [-0.39, 0.29) is 6.61 Å². The highest BCUT2D eigenvalue weighted by Crippen LogP contribution is 2.34. The van der Waals surface area contributed by atoms with Crippen LogP contribution in [0, 0.1) is 5.92 Å². The van der Waals surface area contributed by atoms with Crippen LogP contribution in [0.5, 0.6) is 11.5 Å². The Morgan fingerprint density at radius 2 is 1.92 bits per heavy atom. The first kappa shape index (κ1) is 19.6. The average molecular weight is 349 g/mol. The van der Waals surface area contributed by atoms with E-state index in [1.807, 2.05) is 0 Å². The number of esters is 1. The van der Waals surface area contributed by atoms with E-state index in [1.165, 1.54) is 19.9 Å². The van der Waals surface area contributed by atoms with Gasteiger partial charge in [-0.1, -0.05) is 6.07 Å². The molecule has 0 heterocycles. The molecular formula is C15H18F3NO5. The van der Waals surface area contributed by atoms with Gasteiger partial charge < -0.3 is 19.9 Å². The van der Waals surface area contributed by atoms with Gasteiger partial charge in [0.05, 0.1) is 18.1 Å². The van der Waals surface area contributed by atoms with Crippen molar-refractivity contribution in [3.8, 4) is 11.5 Å². The number of aromatic hydroxyl groups is 1. The second kappa shape index (κ2) is 7.89. The Morgan fingerprint density at radius 1 is 1.29 bits per heavy atom. The molecule has 24 heavy (non-hydrogen) atoms. The molecule has 0 aromatic heterocycles. The largest absolute Gasteiger partial charge is 0.573 e. The molecule has 1 aromatic carbocycles. The zero-order chi connectivity index (χ0) is 18.5. The van der Waals surface area contributed by atoms with Crippen LogP contribution >= 0.6 is 0 Å². The third-order valence-corrected chi connectivity index (χ3v) is 3.22. The van der Waals surface area contributed by atoms with Crippen LogP contribution in [0.15, 0.2) is 18.2 Å². The Morgan fingerprint density at radius 3 is 2.46 bits per heavy atom. The summed E-state index contributed by atoms with van der Waals surface area (Å²) < 4.78 is 45.8. The fourth-order valence-corrected chi connectivity index (χ4v) is 1.81. The number of hydrogen-bond donors (Lipinski definition) is 2. The van der Waals surface area contributed by atoms with E-state index in [1.54, 1.807) is 6.92 Å². The van der Waals surface area contributed by atoms with Crippen molar-refractivity contribution in [2.24, 2.45) is 5.92 Å². The van der Waals surface area contributed by atoms with E-state index in [2.05, 4.69) is 10.1 Å². The van der Waals surface area contributed by atoms with Crippen molar-refractivity contribution < 1.29 is 37.3 Å². The lowest BCUT2D eigenvalue weighted by Gasteiger charge is -2.21. The van der Waals surface area contributed by atoms with Crippen LogP contribution in [0.25, 0.3) is 0 Å². The summed E-state index contributed by atoms with van der Waals surface area (Å²) in [4.78, 5) is 23.8. The molecule has 0 aliphatic carbocycles. The molecule has 0 radical (unpaired) electrons. The summed E-state index contributed by atoms with van der Waals surface area (Å²) >= 11 is 0. The number of carbonyl (C=O) groups is 2. The van der Waals surface area contributed by atoms with Gasteiger partial charge in [0.1, 0.15) is 0 Å². The fourth-order valence-electron chi connectivity index (χ4n) is 1.81. The Balaban J connectivity index is 2.96. The normalized spacial score (nSPS) is 13.8. The third kappa shape index (κ3) is 5.32. The van der Waals surface area contributed by atoms with Gasteiger partial charge in [0.15, 0.2) is 11.5 Å². The zero-order valence-corrected chi connectivity index (χ0v) is 13.3. The molecule has 2 atom stereocenters. The second-order valence-corrected chi connectivity index (χ2v) is 5.00. The first-order valence-electron chi connectivity index (χ1n) is 7.12. The Kier molecular flexibility index (Phi) is 6.44. The minimum atomic E-state index is -5.07. The van der Waals surface area contributed by atoms with Gasteiger partial charge in [-0.25, -0.2) is 0 Å². The van der Waals surface area contributed by atoms with Crippen LogP contribution in [0.4, 0.5) is 13.2 Å². The fraction of sp³-hybridized carbons (Fsp3) is 0.467. The Labute approximate surface area is 136 Å². The van der Waals surface area contributed by atoms with E-state index >= 15 is 0 Å². The van der Waals surface area contributed by atoms with Gasteiger partial charge in [0, 0.05) is 6.04 Å². The molecule has 1 rings (SSSR count). The molecule has 0 bridgehead atoms. The molecule has 0 aliphatic heterocycles. The smallest absolute Gasteiger partial charge is 0.504 e. The molecule has 0 saturated heterocycles. The number of phenolic OH excluding ortho intramolecular Hbond substituents is 1. The van der Waals surface area contributed by atoms with Crippen LogP contribution in [0.3, 0.4) is 0 Å². The number of halogens is 3. The number of phenols is 1. The highest BCUT2D eigenvalue weighted by Gasteiger charge is 2.35. The minimum Gasteiger partial charge on any atom is -0.504 e. The predicted molar refractivity (Wildman–Crippen MR) is 77.5 cm³/mol. The van der Waals surface area contributed by atoms with Crippen molar-refractivity contribution in [2.45, 2.75) is 33.2 Å². The zero-order valence-electron chi connectivity index (χ0n) is 13.3. The Hall–Kier alpha value is -2.45. The molecule has 0 spiro atoms. The molecule has 1 amide bonds. The molecule has 0 aliphatic rings. The van der Waals surface area contributed by atoms with Crippen molar-refractivity contribution in [3.05, 3.63) is 23.8 Å². The lowest BCUT2D eigenvalue weighted by molar-refractivity contribution is -0.275. The number of carbonyl (C=O) groups excluding carboxylic acids is 2. The number of rotatable bonds is 6. The van der Waals surface area contributed by atoms with Gasteiger partial charge in [-0.2, -0.15) is 0 Å². The SMILES string of the molecule is CCOC(=O)C(C)C(C)NC(=O)c1cccc(O)c1OC(F)(F)F. The number of amides is 1. The molecule has 2 unspecified atom stereocenters. The van der Waals surface area contributed by atoms with Crippen LogP contribution in [0.1, 0.15) is 31.1 Å². The van der Waals surface area contributed by atoms with E-state index in [0.29, 0.717) is 0 Å². The van der Waals surface area contributed by atoms with Crippen molar-refractivity contribution >= 4 is 11.9 Å². The molecule has 1 aromatic rings. The first-order valence-corrected chi connectivity index (χ1v) is 7.12. The molecular weight excluding hydrogens is 331 g/mol. The van der Waals surface area contributed by atoms with Gasteiger partial charge in [0.2, 0.25) is 0 Å². The van der Waals surface area contributed by atoms with Crippen molar-refractivity contribution in [1.82, 2.24) is 5.32 Å². The summed E-state index contributed by atoms with van der Waals surface area (Å²) in [6.07, 6.45) is -5.07. The number of nitrogens with one attached hydrogen (secondary N) is 1. The van der Waals surface area contributed by atoms with Crippen LogP contribution in [0.2, 0.25) is 0 Å². The summed E-state index contributed by atoms with van der Waals surface area (Å²) in [5, 5.41) is 11.9. The lowest BCUT2D eigenvalue weighted by Crippen LogP contribution is -2.41. The maximum atomic E-state index is 12.4. The van der Waals surface area contributed by atoms with Crippen LogP contribution < -0.4 is 10.1 Å². The maximum Gasteiger partial charge on any atom is 0.573 e. The van der Waals surface area contributed by atoms with Gasteiger partial charge in [-0.3, -0.25) is 9.59 Å². The summed E-state index contributed by atoms with van der Waals surface area (Å²) in [6.45, 7) is 4.81. The summed E-state index contributed by atoms with van der Waals surface area (Å²) in [5.74, 6) is -4.01. The monoisotopic (exact) mass is 349 g/mol. The van der Waals surface area contributed by atoms with Crippen molar-refractivity contribution in [3.63, 3.8) is 0 Å². The molecule has 6 nitrogen and oxygen atoms in total. The molecule has 0 fully saturated rings. The van der Waals surface area contributed by atoms with Gasteiger partial charge in [-0.15, -0.1) is 13.2 Å². The van der Waals surface area contributed by atoms with E-state index in [9.17, 15) is 27.9 Å². The standard InChI is InChI=1S/C15H18F3NO5/c1-4-23-14(22)8(2)9(3)19-13(21)10-6-5-7-11(20)12(10)24-15(16,17)18/h5-9,20H,4H2,1-3H3,(H,19,21). The van der Waals surface area contributed by atoms with E-state index in [0.717, 1.165) is 12.1 Å². The van der Waals surface area contributed by atoms with Gasteiger partial charge in [-0.05, 0) is 32.9 Å². The highest BCUT2D eigenvalue weighted by atomic mass is 19.4. The summed E-state index contributed by atoms with van der Waals surface area (Å²) in [7, 11) is 0. The predicted octanol–water partition coefficient (Wildman–Crippen LogP) is 2.61. The molecule has 2 N–H and O–H groups in total. The van der Waals surface area contributed by atoms with Crippen molar-refractivity contribution in [1.29, 1.82) is 0 Å². The third-order valence-electron chi connectivity index (χ3n) is 3.22. The molecule has 9 heteroatoms. The van der Waals surface area contributed by atoms with E-state index in [4.69, 9.17) is 4.74 Å². The van der Waals surface area contributed by atoms with Crippen molar-refractivity contribution in [2.75, 3.05) is 6.61 Å². The topological polar surface area (TPSA) is 84.9 Å². The lowest BCUT2D eigenvalue weighted by atomic mass is 10.0. The van der Waals surface area contributed by atoms with E-state index < -0.39 is 47.3 Å². The van der Waals surface area contributed by atoms with Gasteiger partial charge >= 0.3 is 12.3 Å². The summed E-state index contributed by atoms with van der Waals surface area (Å²) in [5.41, 5.74) is -0.504. The maximum absolute atomic E-state index is 12.4. The number of hydrogen-bond acceptors (Lipinski definition) is 5. The number of alkyl halides is 3. The highest BCUT2D eigenvalue weighted by molar-refractivity contribution is 5.98. The average Bonchev–Trinajstić information content (AvgIpc) is 2.47. The quantitative estimate of drug-likeness (QED) is 0.771. The Bertz CT molecular complexity index is 603. The summed E-state index contributed by atoms with van der Waals surface area (Å²) in [6, 6.07) is 2.52. The number of ether oxygens (including phenoxy) is 2. The van der Waals surface area contributed by atoms with Crippen LogP contribution in [-0.4, -0.2) is 36.0 Å². The number of benzene rings is 1. The number of para-hydroxylation sites is 1. The first-order chi connectivity index (χ1) is 11.1. The second-order valence-electron chi connectivity index (χ2n) is 5.00. The molecule has 0 saturated carbocycles. The van der Waals surface area contributed by atoms with Gasteiger partial charge in [0.25, 0.3) is 5.91 Å². The minimum absolute atomic E-state index is 0.167. The molecule has 134 valence electrons. The van der Waals surface area contributed by atoms with Crippen LogP contribution in [-0.2, 0) is 9.53 Å².